The van der Waals surface area contributed by atoms with Gasteiger partial charge in [-0.15, -0.1) is 0 Å². The average Bonchev–Trinajstić information content (AvgIpc) is 3.66. The predicted molar refractivity (Wildman–Crippen MR) is 238 cm³/mol. The Bertz CT molecular complexity index is 2580. The second-order valence-corrected chi connectivity index (χ2v) is 16.1. The monoisotopic (exact) mass is 830 g/mol. The number of fused-ring (bicyclic) bond motifs is 1. The van der Waals surface area contributed by atoms with E-state index in [1.165, 1.54) is 21.7 Å². The van der Waals surface area contributed by atoms with Gasteiger partial charge in [-0.25, -0.2) is 5.01 Å². The molecule has 9 rings (SSSR count). The van der Waals surface area contributed by atoms with Gasteiger partial charge in [0.05, 0.1) is 23.1 Å². The molecule has 4 atom stereocenters. The Hall–Kier alpha value is -6.19. The maximum Gasteiger partial charge on any atom is 0.250 e. The van der Waals surface area contributed by atoms with Crippen LogP contribution < -0.4 is 9.80 Å². The molecule has 4 unspecified atom stereocenters. The number of carbonyl (C=O) groups excluding carboxylic acids is 3. The smallest absolute Gasteiger partial charge is 0.250 e. The molecule has 1 spiro atoms. The van der Waals surface area contributed by atoms with E-state index >= 15 is 9.59 Å². The second kappa shape index (κ2) is 15.5. The third-order valence-electron chi connectivity index (χ3n) is 11.6. The average molecular weight is 832 g/mol. The molecule has 2 heterocycles. The van der Waals surface area contributed by atoms with Crippen LogP contribution in [0.2, 0.25) is 10.0 Å². The van der Waals surface area contributed by atoms with Crippen LogP contribution in [0.25, 0.3) is 6.08 Å². The topological polar surface area (TPSA) is 73.3 Å². The molecule has 0 aromatic heterocycles. The molecule has 59 heavy (non-hydrogen) atoms. The van der Waals surface area contributed by atoms with E-state index in [4.69, 9.17) is 40.5 Å². The highest BCUT2D eigenvalue weighted by Crippen LogP contribution is 2.66. The number of para-hydroxylation sites is 2. The van der Waals surface area contributed by atoms with Crippen molar-refractivity contribution >= 4 is 81.4 Å². The molecule has 3 amide bonds. The van der Waals surface area contributed by atoms with Gasteiger partial charge in [0.1, 0.15) is 5.41 Å². The number of thiocarbonyl (C=S) groups is 1. The number of hydrazone groups is 1. The van der Waals surface area contributed by atoms with E-state index in [0.717, 1.165) is 11.1 Å². The number of benzene rings is 6. The molecule has 2 aliphatic heterocycles. The van der Waals surface area contributed by atoms with E-state index in [9.17, 15) is 4.79 Å². The van der Waals surface area contributed by atoms with Crippen LogP contribution in [0.5, 0.6) is 0 Å². The molecule has 0 radical (unpaired) electrons. The van der Waals surface area contributed by atoms with Gasteiger partial charge in [0.2, 0.25) is 5.91 Å². The molecule has 1 aliphatic carbocycles. The highest BCUT2D eigenvalue weighted by molar-refractivity contribution is 7.81. The van der Waals surface area contributed by atoms with Crippen LogP contribution in [-0.4, -0.2) is 33.6 Å². The first-order valence-corrected chi connectivity index (χ1v) is 20.4. The van der Waals surface area contributed by atoms with Crippen molar-refractivity contribution in [2.24, 2.45) is 16.4 Å². The quantitative estimate of drug-likeness (QED) is 0.124. The van der Waals surface area contributed by atoms with Crippen LogP contribution in [0.4, 0.5) is 11.4 Å². The fourth-order valence-corrected chi connectivity index (χ4v) is 9.87. The lowest BCUT2D eigenvalue weighted by molar-refractivity contribution is -0.145. The summed E-state index contributed by atoms with van der Waals surface area (Å²) in [6, 6.07) is 51.7. The lowest BCUT2D eigenvalue weighted by Gasteiger charge is -2.57. The van der Waals surface area contributed by atoms with Crippen molar-refractivity contribution in [3.63, 3.8) is 0 Å². The number of rotatable bonds is 6. The number of amides is 3. The van der Waals surface area contributed by atoms with E-state index in [2.05, 4.69) is 0 Å². The van der Waals surface area contributed by atoms with Crippen LogP contribution in [0.1, 0.15) is 47.1 Å². The Morgan fingerprint density at radius 1 is 0.627 bits per heavy atom. The summed E-state index contributed by atoms with van der Waals surface area (Å²) in [6.45, 7) is 1.49. The largest absolute Gasteiger partial charge is 0.273 e. The highest BCUT2D eigenvalue weighted by Gasteiger charge is 2.72. The minimum absolute atomic E-state index is 0.0252. The Morgan fingerprint density at radius 3 is 1.58 bits per heavy atom. The summed E-state index contributed by atoms with van der Waals surface area (Å²) >= 11 is 19.4. The third kappa shape index (κ3) is 6.39. The van der Waals surface area contributed by atoms with E-state index in [0.29, 0.717) is 43.8 Å². The second-order valence-electron chi connectivity index (χ2n) is 14.9. The van der Waals surface area contributed by atoms with Gasteiger partial charge in [0, 0.05) is 34.7 Å². The van der Waals surface area contributed by atoms with Crippen molar-refractivity contribution in [2.45, 2.75) is 24.8 Å². The minimum Gasteiger partial charge on any atom is -0.273 e. The zero-order valence-electron chi connectivity index (χ0n) is 31.7. The van der Waals surface area contributed by atoms with Crippen LogP contribution in [0, 0.1) is 11.3 Å². The van der Waals surface area contributed by atoms with Crippen molar-refractivity contribution < 1.29 is 14.4 Å². The number of nitrogens with zero attached hydrogens (tertiary/aromatic N) is 4. The maximum absolute atomic E-state index is 16.6. The Labute approximate surface area is 357 Å². The summed E-state index contributed by atoms with van der Waals surface area (Å²) in [7, 11) is 0. The molecule has 6 aromatic carbocycles. The number of allylic oxidation sites excluding steroid dienone is 1. The molecule has 6 aromatic rings. The van der Waals surface area contributed by atoms with Gasteiger partial charge in [0.15, 0.2) is 5.11 Å². The highest BCUT2D eigenvalue weighted by atomic mass is 35.5. The van der Waals surface area contributed by atoms with Crippen LogP contribution >= 0.6 is 35.4 Å². The summed E-state index contributed by atoms with van der Waals surface area (Å²) in [4.78, 5) is 50.2. The zero-order chi connectivity index (χ0) is 40.8. The molecule has 1 saturated heterocycles. The van der Waals surface area contributed by atoms with E-state index < -0.39 is 41.0 Å². The van der Waals surface area contributed by atoms with Gasteiger partial charge in [0.25, 0.3) is 11.8 Å². The predicted octanol–water partition coefficient (Wildman–Crippen LogP) is 10.9. The number of hydrogen-bond acceptors (Lipinski definition) is 5. The molecule has 7 nitrogen and oxygen atoms in total. The van der Waals surface area contributed by atoms with Crippen LogP contribution in [-0.2, 0) is 14.4 Å². The maximum atomic E-state index is 16.6. The van der Waals surface area contributed by atoms with Gasteiger partial charge in [-0.05, 0) is 94.7 Å². The number of halogens is 2. The first-order valence-electron chi connectivity index (χ1n) is 19.2. The van der Waals surface area contributed by atoms with E-state index in [-0.39, 0.29) is 11.0 Å². The lowest BCUT2D eigenvalue weighted by Crippen LogP contribution is -2.71. The molecule has 2 fully saturated rings. The summed E-state index contributed by atoms with van der Waals surface area (Å²) in [5.74, 6) is -3.95. The standard InChI is InChI=1S/C49H36Cl2N4O3S/c1-31(56)55-45(35-16-8-3-9-17-35)41-43(34-24-28-37(51)29-25-34)49(42(33-22-26-36(50)27-23-33)40(44(41)52-55)30-32-14-6-2-7-15-32)46(57)53(38-18-10-4-11-19-38)48(59)54(47(49)58)39-20-12-5-13-21-39/h2-30,41-43,45H,1H3/b40-30-. The van der Waals surface area contributed by atoms with Gasteiger partial charge < -0.3 is 0 Å². The fraction of sp³-hybridized carbons (Fsp3) is 0.122. The summed E-state index contributed by atoms with van der Waals surface area (Å²) in [6.07, 6.45) is 2.00. The normalized spacial score (nSPS) is 21.8. The number of carbonyl (C=O) groups is 3. The van der Waals surface area contributed by atoms with Gasteiger partial charge in [-0.2, -0.15) is 5.10 Å². The molecule has 0 bridgehead atoms. The fourth-order valence-electron chi connectivity index (χ4n) is 9.24. The SMILES string of the molecule is CC(=O)N1N=C2/C(=C\c3ccccc3)C(c3ccc(Cl)cc3)C3(C(=O)N(c4ccccc4)C(=S)N(c4ccccc4)C3=O)C(c3ccc(Cl)cc3)C2C1c1ccccc1. The van der Waals surface area contributed by atoms with Crippen molar-refractivity contribution in [2.75, 3.05) is 9.80 Å². The first kappa shape index (κ1) is 38.3. The lowest BCUT2D eigenvalue weighted by atomic mass is 9.48. The minimum atomic E-state index is -1.97. The van der Waals surface area contributed by atoms with Crippen molar-refractivity contribution in [1.82, 2.24) is 5.01 Å². The molecule has 0 N–H and O–H groups in total. The van der Waals surface area contributed by atoms with E-state index in [1.807, 2.05) is 152 Å². The Balaban J connectivity index is 1.47. The van der Waals surface area contributed by atoms with Gasteiger partial charge in [-0.1, -0.05) is 145 Å². The van der Waals surface area contributed by atoms with E-state index in [1.54, 1.807) is 24.3 Å². The molecule has 10 heteroatoms. The summed E-state index contributed by atoms with van der Waals surface area (Å²) < 4.78 is 0. The summed E-state index contributed by atoms with van der Waals surface area (Å²) in [5.41, 5.74) is 3.20. The molecule has 3 aliphatic rings. The number of hydrogen-bond donors (Lipinski definition) is 0. The van der Waals surface area contributed by atoms with Gasteiger partial charge >= 0.3 is 0 Å². The molecular formula is C49H36Cl2N4O3S. The molecular weight excluding hydrogens is 796 g/mol. The summed E-state index contributed by atoms with van der Waals surface area (Å²) in [5, 5.41) is 7.75. The van der Waals surface area contributed by atoms with Crippen molar-refractivity contribution in [1.29, 1.82) is 0 Å². The van der Waals surface area contributed by atoms with Crippen molar-refractivity contribution in [3.05, 3.63) is 208 Å². The number of anilines is 2. The Morgan fingerprint density at radius 2 is 1.08 bits per heavy atom. The molecule has 290 valence electrons. The molecule has 1 saturated carbocycles. The van der Waals surface area contributed by atoms with Crippen molar-refractivity contribution in [3.8, 4) is 0 Å². The van der Waals surface area contributed by atoms with Crippen LogP contribution in [0.15, 0.2) is 181 Å². The van der Waals surface area contributed by atoms with Gasteiger partial charge in [-0.3, -0.25) is 24.2 Å². The zero-order valence-corrected chi connectivity index (χ0v) is 34.1. The third-order valence-corrected chi connectivity index (χ3v) is 12.5. The van der Waals surface area contributed by atoms with Crippen LogP contribution in [0.3, 0.4) is 0 Å². The first-order chi connectivity index (χ1) is 28.7. The Kier molecular flexibility index (Phi) is 10.1.